The van der Waals surface area contributed by atoms with E-state index in [1.807, 2.05) is 4.68 Å². The van der Waals surface area contributed by atoms with E-state index in [1.54, 1.807) is 13.3 Å². The molecule has 1 aromatic carbocycles. The number of ether oxygens (including phenoxy) is 1. The number of nitrogens with two attached hydrogens (primary N) is 1. The molecule has 1 heterocycles. The Balaban J connectivity index is 2.49. The molecule has 0 saturated carbocycles. The minimum absolute atomic E-state index is 0.125. The molecule has 5 nitrogen and oxygen atoms in total. The lowest BCUT2D eigenvalue weighted by atomic mass is 9.94. The summed E-state index contributed by atoms with van der Waals surface area (Å²) in [6.07, 6.45) is 1.79. The molecule has 6 heteroatoms. The van der Waals surface area contributed by atoms with Gasteiger partial charge in [-0.1, -0.05) is 18.2 Å². The minimum Gasteiger partial charge on any atom is -0.383 e. The van der Waals surface area contributed by atoms with Crippen LogP contribution in [0.1, 0.15) is 28.4 Å². The van der Waals surface area contributed by atoms with Gasteiger partial charge in [0.2, 0.25) is 0 Å². The van der Waals surface area contributed by atoms with E-state index in [9.17, 15) is 0 Å². The van der Waals surface area contributed by atoms with E-state index in [1.165, 1.54) is 16.7 Å². The van der Waals surface area contributed by atoms with Crippen molar-refractivity contribution in [3.8, 4) is 0 Å². The summed E-state index contributed by atoms with van der Waals surface area (Å²) < 4.78 is 8.00. The number of hydrazine groups is 1. The third kappa shape index (κ3) is 3.35. The van der Waals surface area contributed by atoms with Crippen molar-refractivity contribution in [3.05, 3.63) is 51.3 Å². The molecule has 0 spiro atoms. The fraction of sp³-hybridized carbons (Fsp3) is 0.400. The van der Waals surface area contributed by atoms with Crippen LogP contribution in [0, 0.1) is 13.8 Å². The number of nitrogens with one attached hydrogen (secondary N) is 1. The highest BCUT2D eigenvalue weighted by atomic mass is 79.9. The Morgan fingerprint density at radius 1 is 1.38 bits per heavy atom. The van der Waals surface area contributed by atoms with Crippen LogP contribution in [-0.4, -0.2) is 23.5 Å². The van der Waals surface area contributed by atoms with Crippen LogP contribution >= 0.6 is 15.9 Å². The molecular weight excluding hydrogens is 332 g/mol. The second-order valence-corrected chi connectivity index (χ2v) is 5.85. The van der Waals surface area contributed by atoms with Gasteiger partial charge in [-0.15, -0.1) is 0 Å². The lowest BCUT2D eigenvalue weighted by molar-refractivity contribution is 0.182. The summed E-state index contributed by atoms with van der Waals surface area (Å²) in [6.45, 7) is 5.47. The summed E-state index contributed by atoms with van der Waals surface area (Å²) in [5.41, 5.74) is 7.51. The van der Waals surface area contributed by atoms with Crippen LogP contribution in [0.2, 0.25) is 0 Å². The summed E-state index contributed by atoms with van der Waals surface area (Å²) in [7, 11) is 1.68. The molecule has 2 rings (SSSR count). The molecule has 1 aromatic heterocycles. The van der Waals surface area contributed by atoms with Gasteiger partial charge < -0.3 is 4.74 Å². The molecule has 0 fully saturated rings. The molecule has 0 saturated heterocycles. The van der Waals surface area contributed by atoms with Crippen molar-refractivity contribution in [3.63, 3.8) is 0 Å². The molecule has 1 unspecified atom stereocenters. The van der Waals surface area contributed by atoms with Crippen molar-refractivity contribution in [2.75, 3.05) is 13.7 Å². The van der Waals surface area contributed by atoms with Gasteiger partial charge in [-0.25, -0.2) is 5.43 Å². The van der Waals surface area contributed by atoms with Crippen molar-refractivity contribution in [2.24, 2.45) is 5.84 Å². The summed E-state index contributed by atoms with van der Waals surface area (Å²) in [4.78, 5) is 0. The SMILES string of the molecule is COCCn1ncc(Br)c1C(NN)c1c(C)cccc1C. The van der Waals surface area contributed by atoms with E-state index in [0.717, 1.165) is 10.2 Å². The first-order valence-electron chi connectivity index (χ1n) is 6.82. The van der Waals surface area contributed by atoms with Gasteiger partial charge in [-0.2, -0.15) is 5.10 Å². The Morgan fingerprint density at radius 2 is 2.05 bits per heavy atom. The fourth-order valence-corrected chi connectivity index (χ4v) is 3.12. The minimum atomic E-state index is -0.125. The van der Waals surface area contributed by atoms with E-state index in [-0.39, 0.29) is 6.04 Å². The number of aryl methyl sites for hydroxylation is 2. The zero-order chi connectivity index (χ0) is 15.4. The highest BCUT2D eigenvalue weighted by Gasteiger charge is 2.23. The summed E-state index contributed by atoms with van der Waals surface area (Å²) in [5.74, 6) is 5.86. The van der Waals surface area contributed by atoms with Gasteiger partial charge in [0, 0.05) is 7.11 Å². The molecule has 21 heavy (non-hydrogen) atoms. The second-order valence-electron chi connectivity index (χ2n) is 5.00. The van der Waals surface area contributed by atoms with Crippen molar-refractivity contribution in [2.45, 2.75) is 26.4 Å². The van der Waals surface area contributed by atoms with Crippen LogP contribution in [0.5, 0.6) is 0 Å². The summed E-state index contributed by atoms with van der Waals surface area (Å²) >= 11 is 3.58. The van der Waals surface area contributed by atoms with Gasteiger partial charge in [0.25, 0.3) is 0 Å². The Hall–Kier alpha value is -1.21. The van der Waals surface area contributed by atoms with Crippen LogP contribution in [0.3, 0.4) is 0 Å². The maximum Gasteiger partial charge on any atom is 0.0894 e. The largest absolute Gasteiger partial charge is 0.383 e. The zero-order valence-electron chi connectivity index (χ0n) is 12.6. The molecule has 0 radical (unpaired) electrons. The van der Waals surface area contributed by atoms with Crippen molar-refractivity contribution in [1.82, 2.24) is 15.2 Å². The standard InChI is InChI=1S/C15H21BrN4O/c1-10-5-4-6-11(2)13(10)14(19-17)15-12(16)9-18-20(15)7-8-21-3/h4-6,9,14,19H,7-8,17H2,1-3H3. The van der Waals surface area contributed by atoms with Crippen LogP contribution in [0.15, 0.2) is 28.9 Å². The molecule has 0 aliphatic rings. The number of methoxy groups -OCH3 is 1. The number of nitrogens with zero attached hydrogens (tertiary/aromatic N) is 2. The van der Waals surface area contributed by atoms with Gasteiger partial charge in [0.1, 0.15) is 0 Å². The lowest BCUT2D eigenvalue weighted by Crippen LogP contribution is -2.32. The molecule has 0 bridgehead atoms. The molecule has 0 aliphatic heterocycles. The average molecular weight is 353 g/mol. The van der Waals surface area contributed by atoms with E-state index in [2.05, 4.69) is 58.5 Å². The molecule has 1 atom stereocenters. The van der Waals surface area contributed by atoms with Crippen molar-refractivity contribution in [1.29, 1.82) is 0 Å². The molecule has 3 N–H and O–H groups in total. The van der Waals surface area contributed by atoms with E-state index in [0.29, 0.717) is 13.2 Å². The Kier molecular flexibility index (Phi) is 5.52. The van der Waals surface area contributed by atoms with Gasteiger partial charge in [-0.3, -0.25) is 10.5 Å². The third-order valence-corrected chi connectivity index (χ3v) is 4.22. The first-order valence-corrected chi connectivity index (χ1v) is 7.61. The molecule has 2 aromatic rings. The lowest BCUT2D eigenvalue weighted by Gasteiger charge is -2.22. The number of benzene rings is 1. The molecule has 0 aliphatic carbocycles. The first kappa shape index (κ1) is 16.2. The normalized spacial score (nSPS) is 12.6. The smallest absolute Gasteiger partial charge is 0.0894 e. The first-order chi connectivity index (χ1) is 10.1. The predicted octanol–water partition coefficient (Wildman–Crippen LogP) is 2.46. The second kappa shape index (κ2) is 7.17. The van der Waals surface area contributed by atoms with E-state index in [4.69, 9.17) is 10.6 Å². The number of hydrogen-bond donors (Lipinski definition) is 2. The van der Waals surface area contributed by atoms with E-state index >= 15 is 0 Å². The highest BCUT2D eigenvalue weighted by Crippen LogP contribution is 2.31. The quantitative estimate of drug-likeness (QED) is 0.619. The number of rotatable bonds is 6. The monoisotopic (exact) mass is 352 g/mol. The Labute approximate surface area is 133 Å². The Morgan fingerprint density at radius 3 is 2.62 bits per heavy atom. The average Bonchev–Trinajstić information content (AvgIpc) is 2.82. The summed E-state index contributed by atoms with van der Waals surface area (Å²) in [5, 5.41) is 4.40. The predicted molar refractivity (Wildman–Crippen MR) is 86.9 cm³/mol. The van der Waals surface area contributed by atoms with E-state index < -0.39 is 0 Å². The van der Waals surface area contributed by atoms with Crippen molar-refractivity contribution < 1.29 is 4.74 Å². The van der Waals surface area contributed by atoms with Crippen LogP contribution < -0.4 is 11.3 Å². The highest BCUT2D eigenvalue weighted by molar-refractivity contribution is 9.10. The Bertz CT molecular complexity index is 591. The van der Waals surface area contributed by atoms with Crippen LogP contribution in [0.4, 0.5) is 0 Å². The van der Waals surface area contributed by atoms with Crippen LogP contribution in [-0.2, 0) is 11.3 Å². The van der Waals surface area contributed by atoms with Gasteiger partial charge in [0.15, 0.2) is 0 Å². The maximum atomic E-state index is 5.86. The van der Waals surface area contributed by atoms with Crippen LogP contribution in [0.25, 0.3) is 0 Å². The number of hydrogen-bond acceptors (Lipinski definition) is 4. The topological polar surface area (TPSA) is 65.1 Å². The molecule has 0 amide bonds. The van der Waals surface area contributed by atoms with Gasteiger partial charge in [-0.05, 0) is 46.5 Å². The van der Waals surface area contributed by atoms with Gasteiger partial charge in [0.05, 0.1) is 35.6 Å². The number of aromatic nitrogens is 2. The molecular formula is C15H21BrN4O. The number of halogens is 1. The maximum absolute atomic E-state index is 5.86. The fourth-order valence-electron chi connectivity index (χ4n) is 2.60. The third-order valence-electron chi connectivity index (χ3n) is 3.61. The van der Waals surface area contributed by atoms with Gasteiger partial charge >= 0.3 is 0 Å². The molecule has 114 valence electrons. The zero-order valence-corrected chi connectivity index (χ0v) is 14.1. The summed E-state index contributed by atoms with van der Waals surface area (Å²) in [6, 6.07) is 6.12. The van der Waals surface area contributed by atoms with Crippen molar-refractivity contribution >= 4 is 15.9 Å².